The predicted molar refractivity (Wildman–Crippen MR) is 83.9 cm³/mol. The van der Waals surface area contributed by atoms with Crippen molar-refractivity contribution in [3.8, 4) is 0 Å². The summed E-state index contributed by atoms with van der Waals surface area (Å²) in [4.78, 5) is 14.8. The fourth-order valence-corrected chi connectivity index (χ4v) is 3.08. The smallest absolute Gasteiger partial charge is 0.232 e. The molecule has 3 nitrogen and oxygen atoms in total. The molecule has 1 heterocycles. The SMILES string of the molecule is CCCC(C(=O)N1CCC(C(C)(C)C)CC1)C(N)=S. The molecule has 0 saturated carbocycles. The lowest BCUT2D eigenvalue weighted by molar-refractivity contribution is -0.135. The van der Waals surface area contributed by atoms with Crippen LogP contribution in [0.2, 0.25) is 0 Å². The molecule has 0 aliphatic carbocycles. The number of piperidine rings is 1. The molecule has 1 unspecified atom stereocenters. The molecule has 1 aliphatic rings. The fourth-order valence-electron chi connectivity index (χ4n) is 2.86. The minimum atomic E-state index is -0.258. The highest BCUT2D eigenvalue weighted by atomic mass is 32.1. The van der Waals surface area contributed by atoms with Crippen molar-refractivity contribution < 1.29 is 4.79 Å². The fraction of sp³-hybridized carbons (Fsp3) is 0.867. The number of likely N-dealkylation sites (tertiary alicyclic amines) is 1. The zero-order valence-electron chi connectivity index (χ0n) is 12.7. The molecular formula is C15H28N2OS. The summed E-state index contributed by atoms with van der Waals surface area (Å²) in [5.41, 5.74) is 6.05. The first kappa shape index (κ1) is 16.4. The highest BCUT2D eigenvalue weighted by Gasteiger charge is 2.33. The van der Waals surface area contributed by atoms with E-state index < -0.39 is 0 Å². The van der Waals surface area contributed by atoms with Gasteiger partial charge in [-0.05, 0) is 30.6 Å². The molecule has 110 valence electrons. The Kier molecular flexibility index (Phi) is 5.78. The third-order valence-electron chi connectivity index (χ3n) is 4.25. The van der Waals surface area contributed by atoms with Crippen molar-refractivity contribution >= 4 is 23.1 Å². The molecule has 1 fully saturated rings. The van der Waals surface area contributed by atoms with Gasteiger partial charge >= 0.3 is 0 Å². The Balaban J connectivity index is 2.59. The van der Waals surface area contributed by atoms with E-state index in [-0.39, 0.29) is 11.8 Å². The summed E-state index contributed by atoms with van der Waals surface area (Å²) in [7, 11) is 0. The van der Waals surface area contributed by atoms with Crippen molar-refractivity contribution in [2.45, 2.75) is 53.4 Å². The van der Waals surface area contributed by atoms with E-state index in [2.05, 4.69) is 27.7 Å². The Morgan fingerprint density at radius 2 is 1.89 bits per heavy atom. The van der Waals surface area contributed by atoms with E-state index in [0.29, 0.717) is 16.3 Å². The molecule has 4 heteroatoms. The molecule has 0 radical (unpaired) electrons. The first-order valence-corrected chi connectivity index (χ1v) is 7.76. The highest BCUT2D eigenvalue weighted by Crippen LogP contribution is 2.34. The van der Waals surface area contributed by atoms with Crippen molar-refractivity contribution in [1.82, 2.24) is 4.90 Å². The molecule has 19 heavy (non-hydrogen) atoms. The van der Waals surface area contributed by atoms with Gasteiger partial charge in [-0.3, -0.25) is 4.79 Å². The summed E-state index contributed by atoms with van der Waals surface area (Å²) in [6.07, 6.45) is 3.89. The largest absolute Gasteiger partial charge is 0.393 e. The van der Waals surface area contributed by atoms with E-state index in [4.69, 9.17) is 18.0 Å². The third-order valence-corrected chi connectivity index (χ3v) is 4.53. The van der Waals surface area contributed by atoms with Gasteiger partial charge in [-0.1, -0.05) is 46.3 Å². The van der Waals surface area contributed by atoms with Gasteiger partial charge in [0.25, 0.3) is 0 Å². The van der Waals surface area contributed by atoms with Gasteiger partial charge in [-0.2, -0.15) is 0 Å². The monoisotopic (exact) mass is 284 g/mol. The van der Waals surface area contributed by atoms with Gasteiger partial charge in [0.1, 0.15) is 0 Å². The topological polar surface area (TPSA) is 46.3 Å². The number of carbonyl (C=O) groups is 1. The molecule has 0 bridgehead atoms. The average Bonchev–Trinajstić information content (AvgIpc) is 2.34. The van der Waals surface area contributed by atoms with Crippen LogP contribution in [0.5, 0.6) is 0 Å². The molecule has 0 aromatic rings. The molecule has 1 saturated heterocycles. The quantitative estimate of drug-likeness (QED) is 0.807. The maximum absolute atomic E-state index is 12.4. The van der Waals surface area contributed by atoms with E-state index in [1.165, 1.54) is 0 Å². The van der Waals surface area contributed by atoms with Gasteiger partial charge in [-0.15, -0.1) is 0 Å². The summed E-state index contributed by atoms with van der Waals surface area (Å²) in [5, 5.41) is 0. The number of thiocarbonyl (C=S) groups is 1. The van der Waals surface area contributed by atoms with Gasteiger partial charge < -0.3 is 10.6 Å². The van der Waals surface area contributed by atoms with E-state index in [1.54, 1.807) is 0 Å². The Morgan fingerprint density at radius 1 is 1.37 bits per heavy atom. The number of hydrogen-bond acceptors (Lipinski definition) is 2. The molecule has 1 atom stereocenters. The van der Waals surface area contributed by atoms with Crippen molar-refractivity contribution in [3.05, 3.63) is 0 Å². The zero-order chi connectivity index (χ0) is 14.6. The first-order valence-electron chi connectivity index (χ1n) is 7.35. The lowest BCUT2D eigenvalue weighted by Crippen LogP contribution is -2.46. The molecular weight excluding hydrogens is 256 g/mol. The summed E-state index contributed by atoms with van der Waals surface area (Å²) in [5.74, 6) is 0.582. The Morgan fingerprint density at radius 3 is 2.26 bits per heavy atom. The van der Waals surface area contributed by atoms with E-state index in [0.717, 1.165) is 38.8 Å². The van der Waals surface area contributed by atoms with Crippen LogP contribution in [-0.2, 0) is 4.79 Å². The van der Waals surface area contributed by atoms with Crippen LogP contribution in [0.1, 0.15) is 53.4 Å². The number of carbonyl (C=O) groups excluding carboxylic acids is 1. The van der Waals surface area contributed by atoms with E-state index in [9.17, 15) is 4.79 Å². The minimum Gasteiger partial charge on any atom is -0.393 e. The molecule has 1 amide bonds. The Labute approximate surface area is 122 Å². The molecule has 0 aromatic heterocycles. The Hall–Kier alpha value is -0.640. The van der Waals surface area contributed by atoms with Crippen molar-refractivity contribution in [2.75, 3.05) is 13.1 Å². The standard InChI is InChI=1S/C15H28N2OS/c1-5-6-12(13(16)19)14(18)17-9-7-11(8-10-17)15(2,3)4/h11-12H,5-10H2,1-4H3,(H2,16,19). The van der Waals surface area contributed by atoms with Crippen LogP contribution in [0.3, 0.4) is 0 Å². The van der Waals surface area contributed by atoms with E-state index in [1.807, 2.05) is 4.90 Å². The van der Waals surface area contributed by atoms with Gasteiger partial charge in [0.2, 0.25) is 5.91 Å². The number of nitrogens with zero attached hydrogens (tertiary/aromatic N) is 1. The first-order chi connectivity index (χ1) is 8.77. The summed E-state index contributed by atoms with van der Waals surface area (Å²) >= 11 is 5.04. The van der Waals surface area contributed by atoms with E-state index >= 15 is 0 Å². The normalized spacial score (nSPS) is 19.3. The maximum atomic E-state index is 12.4. The van der Waals surface area contributed by atoms with Gasteiger partial charge in [0.05, 0.1) is 10.9 Å². The van der Waals surface area contributed by atoms with Crippen LogP contribution in [0.25, 0.3) is 0 Å². The lowest BCUT2D eigenvalue weighted by atomic mass is 9.75. The van der Waals surface area contributed by atoms with Crippen molar-refractivity contribution in [1.29, 1.82) is 0 Å². The second-order valence-corrected chi connectivity index (χ2v) is 7.18. The average molecular weight is 284 g/mol. The molecule has 2 N–H and O–H groups in total. The summed E-state index contributed by atoms with van der Waals surface area (Å²) < 4.78 is 0. The van der Waals surface area contributed by atoms with Crippen LogP contribution in [-0.4, -0.2) is 28.9 Å². The number of hydrogen-bond donors (Lipinski definition) is 1. The lowest BCUT2D eigenvalue weighted by Gasteiger charge is -2.39. The molecule has 1 rings (SSSR count). The van der Waals surface area contributed by atoms with Crippen molar-refractivity contribution in [3.63, 3.8) is 0 Å². The van der Waals surface area contributed by atoms with Crippen LogP contribution in [0.15, 0.2) is 0 Å². The molecule has 1 aliphatic heterocycles. The Bertz CT molecular complexity index is 328. The summed E-state index contributed by atoms with van der Waals surface area (Å²) in [6, 6.07) is 0. The number of nitrogens with two attached hydrogens (primary N) is 1. The van der Waals surface area contributed by atoms with Crippen LogP contribution >= 0.6 is 12.2 Å². The van der Waals surface area contributed by atoms with Crippen LogP contribution < -0.4 is 5.73 Å². The highest BCUT2D eigenvalue weighted by molar-refractivity contribution is 7.80. The second kappa shape index (κ2) is 6.69. The van der Waals surface area contributed by atoms with Crippen LogP contribution in [0.4, 0.5) is 0 Å². The summed E-state index contributed by atoms with van der Waals surface area (Å²) in [6.45, 7) is 10.6. The minimum absolute atomic E-state index is 0.140. The third kappa shape index (κ3) is 4.44. The van der Waals surface area contributed by atoms with Gasteiger partial charge in [0, 0.05) is 13.1 Å². The number of amides is 1. The number of rotatable bonds is 4. The molecule has 0 spiro atoms. The maximum Gasteiger partial charge on any atom is 0.232 e. The zero-order valence-corrected chi connectivity index (χ0v) is 13.6. The van der Waals surface area contributed by atoms with Gasteiger partial charge in [-0.25, -0.2) is 0 Å². The van der Waals surface area contributed by atoms with Crippen LogP contribution in [0, 0.1) is 17.3 Å². The van der Waals surface area contributed by atoms with Gasteiger partial charge in [0.15, 0.2) is 0 Å². The predicted octanol–water partition coefficient (Wildman–Crippen LogP) is 2.97. The van der Waals surface area contributed by atoms with Crippen molar-refractivity contribution in [2.24, 2.45) is 23.0 Å². The second-order valence-electron chi connectivity index (χ2n) is 6.71. The molecule has 0 aromatic carbocycles.